The Hall–Kier alpha value is -1.07. The molecule has 19 heavy (non-hydrogen) atoms. The minimum absolute atomic E-state index is 0.0759. The highest BCUT2D eigenvalue weighted by molar-refractivity contribution is 9.10. The average Bonchev–Trinajstić information content (AvgIpc) is 2.37. The monoisotopic (exact) mass is 338 g/mol. The molecule has 0 aliphatic carbocycles. The first kappa shape index (κ1) is 14.3. The summed E-state index contributed by atoms with van der Waals surface area (Å²) in [5.41, 5.74) is 1.98. The Morgan fingerprint density at radius 2 is 2.16 bits per heavy atom. The van der Waals surface area contributed by atoms with Crippen LogP contribution in [0.5, 0.6) is 0 Å². The summed E-state index contributed by atoms with van der Waals surface area (Å²) in [6, 6.07) is 9.64. The van der Waals surface area contributed by atoms with E-state index in [2.05, 4.69) is 38.9 Å². The van der Waals surface area contributed by atoms with Crippen LogP contribution in [0.2, 0.25) is 0 Å². The highest BCUT2D eigenvalue weighted by atomic mass is 79.9. The standard InChI is InChI=1S/C14H15BrN2OS/c1-2-5-11-8-13(18)17-14(16-11)19-9-10-6-3-4-7-12(10)15/h3-4,6-8H,2,5,9H2,1H3,(H,16,17,18). The number of thioether (sulfide) groups is 1. The minimum atomic E-state index is -0.0759. The van der Waals surface area contributed by atoms with Crippen LogP contribution < -0.4 is 5.56 Å². The van der Waals surface area contributed by atoms with Gasteiger partial charge in [0.2, 0.25) is 0 Å². The molecule has 0 atom stereocenters. The van der Waals surface area contributed by atoms with Crippen LogP contribution in [0.4, 0.5) is 0 Å². The zero-order chi connectivity index (χ0) is 13.7. The Bertz CT molecular complexity index is 612. The third-order valence-electron chi connectivity index (χ3n) is 2.60. The number of hydrogen-bond acceptors (Lipinski definition) is 3. The highest BCUT2D eigenvalue weighted by Gasteiger charge is 2.04. The number of aromatic amines is 1. The van der Waals surface area contributed by atoms with E-state index in [9.17, 15) is 4.79 Å². The van der Waals surface area contributed by atoms with Crippen molar-refractivity contribution in [3.8, 4) is 0 Å². The molecule has 0 amide bonds. The number of benzene rings is 1. The zero-order valence-corrected chi connectivity index (χ0v) is 13.1. The Morgan fingerprint density at radius 1 is 1.37 bits per heavy atom. The van der Waals surface area contributed by atoms with Gasteiger partial charge in [0.15, 0.2) is 5.16 Å². The van der Waals surface area contributed by atoms with Crippen molar-refractivity contribution in [1.82, 2.24) is 9.97 Å². The van der Waals surface area contributed by atoms with E-state index < -0.39 is 0 Å². The highest BCUT2D eigenvalue weighted by Crippen LogP contribution is 2.24. The first-order valence-corrected chi connectivity index (χ1v) is 7.93. The van der Waals surface area contributed by atoms with E-state index in [1.54, 1.807) is 17.8 Å². The van der Waals surface area contributed by atoms with Crippen LogP contribution in [0.3, 0.4) is 0 Å². The van der Waals surface area contributed by atoms with E-state index in [1.165, 1.54) is 5.56 Å². The summed E-state index contributed by atoms with van der Waals surface area (Å²) in [6.07, 6.45) is 1.83. The molecule has 0 fully saturated rings. The van der Waals surface area contributed by atoms with Crippen LogP contribution >= 0.6 is 27.7 Å². The van der Waals surface area contributed by atoms with Crippen LogP contribution in [0.1, 0.15) is 24.6 Å². The smallest absolute Gasteiger partial charge is 0.251 e. The van der Waals surface area contributed by atoms with Crippen LogP contribution in [-0.4, -0.2) is 9.97 Å². The second kappa shape index (κ2) is 6.91. The summed E-state index contributed by atoms with van der Waals surface area (Å²) in [7, 11) is 0. The molecule has 1 aromatic heterocycles. The predicted octanol–water partition coefficient (Wildman–Crippen LogP) is 3.78. The van der Waals surface area contributed by atoms with Gasteiger partial charge in [-0.1, -0.05) is 59.2 Å². The maximum Gasteiger partial charge on any atom is 0.251 e. The molecule has 0 spiro atoms. The van der Waals surface area contributed by atoms with E-state index in [-0.39, 0.29) is 5.56 Å². The number of nitrogens with zero attached hydrogens (tertiary/aromatic N) is 1. The fourth-order valence-corrected chi connectivity index (χ4v) is 3.21. The Kier molecular flexibility index (Phi) is 5.22. The van der Waals surface area contributed by atoms with Gasteiger partial charge in [-0.25, -0.2) is 4.98 Å². The Morgan fingerprint density at radius 3 is 2.89 bits per heavy atom. The average molecular weight is 339 g/mol. The number of aryl methyl sites for hydroxylation is 1. The third-order valence-corrected chi connectivity index (χ3v) is 4.30. The topological polar surface area (TPSA) is 45.8 Å². The largest absolute Gasteiger partial charge is 0.301 e. The number of halogens is 1. The maximum absolute atomic E-state index is 11.5. The first-order chi connectivity index (χ1) is 9.19. The van der Waals surface area contributed by atoms with Crippen molar-refractivity contribution in [3.05, 3.63) is 56.4 Å². The zero-order valence-electron chi connectivity index (χ0n) is 10.6. The number of H-pyrrole nitrogens is 1. The second-order valence-electron chi connectivity index (χ2n) is 4.17. The van der Waals surface area contributed by atoms with Gasteiger partial charge in [-0.15, -0.1) is 0 Å². The quantitative estimate of drug-likeness (QED) is 0.666. The first-order valence-electron chi connectivity index (χ1n) is 6.15. The van der Waals surface area contributed by atoms with Crippen molar-refractivity contribution in [3.63, 3.8) is 0 Å². The van der Waals surface area contributed by atoms with Crippen LogP contribution in [0.15, 0.2) is 44.8 Å². The second-order valence-corrected chi connectivity index (χ2v) is 5.99. The molecule has 0 aliphatic heterocycles. The van der Waals surface area contributed by atoms with Gasteiger partial charge in [0, 0.05) is 22.0 Å². The summed E-state index contributed by atoms with van der Waals surface area (Å²) < 4.78 is 1.08. The molecule has 1 aromatic carbocycles. The summed E-state index contributed by atoms with van der Waals surface area (Å²) in [4.78, 5) is 18.8. The lowest BCUT2D eigenvalue weighted by molar-refractivity contribution is 0.816. The van der Waals surface area contributed by atoms with E-state index in [4.69, 9.17) is 0 Å². The van der Waals surface area contributed by atoms with Gasteiger partial charge in [0.25, 0.3) is 5.56 Å². The number of nitrogens with one attached hydrogen (secondary N) is 1. The molecule has 3 nitrogen and oxygen atoms in total. The van der Waals surface area contributed by atoms with Crippen molar-refractivity contribution < 1.29 is 0 Å². The minimum Gasteiger partial charge on any atom is -0.301 e. The summed E-state index contributed by atoms with van der Waals surface area (Å²) in [5.74, 6) is 0.778. The van der Waals surface area contributed by atoms with Gasteiger partial charge in [-0.3, -0.25) is 4.79 Å². The lowest BCUT2D eigenvalue weighted by Crippen LogP contribution is -2.09. The van der Waals surface area contributed by atoms with E-state index >= 15 is 0 Å². The third kappa shape index (κ3) is 4.21. The number of aromatic nitrogens is 2. The summed E-state index contributed by atoms with van der Waals surface area (Å²) in [5, 5.41) is 0.687. The lowest BCUT2D eigenvalue weighted by atomic mass is 10.2. The van der Waals surface area contributed by atoms with Crippen LogP contribution in [0, 0.1) is 0 Å². The molecule has 0 unspecified atom stereocenters. The lowest BCUT2D eigenvalue weighted by Gasteiger charge is -2.05. The fraction of sp³-hybridized carbons (Fsp3) is 0.286. The molecular formula is C14H15BrN2OS. The van der Waals surface area contributed by atoms with E-state index in [0.717, 1.165) is 28.8 Å². The van der Waals surface area contributed by atoms with E-state index in [0.29, 0.717) is 5.16 Å². The maximum atomic E-state index is 11.5. The van der Waals surface area contributed by atoms with Gasteiger partial charge >= 0.3 is 0 Å². The molecule has 0 radical (unpaired) electrons. The van der Waals surface area contributed by atoms with Crippen LogP contribution in [0.25, 0.3) is 0 Å². The molecule has 5 heteroatoms. The van der Waals surface area contributed by atoms with Crippen molar-refractivity contribution in [2.45, 2.75) is 30.7 Å². The van der Waals surface area contributed by atoms with Gasteiger partial charge in [-0.2, -0.15) is 0 Å². The van der Waals surface area contributed by atoms with Gasteiger partial charge in [-0.05, 0) is 18.1 Å². The molecule has 2 aromatic rings. The molecule has 0 aliphatic rings. The predicted molar refractivity (Wildman–Crippen MR) is 82.6 cm³/mol. The Labute approximate surface area is 125 Å². The summed E-state index contributed by atoms with van der Waals surface area (Å²) >= 11 is 5.06. The molecule has 2 rings (SSSR count). The molecular weight excluding hydrogens is 324 g/mol. The molecule has 100 valence electrons. The fourth-order valence-electron chi connectivity index (χ4n) is 1.70. The number of hydrogen-bond donors (Lipinski definition) is 1. The molecule has 0 saturated carbocycles. The molecule has 0 saturated heterocycles. The van der Waals surface area contributed by atoms with E-state index in [1.807, 2.05) is 18.2 Å². The molecule has 1 N–H and O–H groups in total. The molecule has 0 bridgehead atoms. The molecule has 1 heterocycles. The summed E-state index contributed by atoms with van der Waals surface area (Å²) in [6.45, 7) is 2.08. The normalized spacial score (nSPS) is 10.6. The van der Waals surface area contributed by atoms with Crippen molar-refractivity contribution in [1.29, 1.82) is 0 Å². The number of rotatable bonds is 5. The van der Waals surface area contributed by atoms with Gasteiger partial charge in [0.05, 0.1) is 0 Å². The van der Waals surface area contributed by atoms with Crippen molar-refractivity contribution in [2.75, 3.05) is 0 Å². The Balaban J connectivity index is 2.11. The van der Waals surface area contributed by atoms with Crippen molar-refractivity contribution >= 4 is 27.7 Å². The van der Waals surface area contributed by atoms with Crippen molar-refractivity contribution in [2.24, 2.45) is 0 Å². The SMILES string of the molecule is CCCc1cc(=O)[nH]c(SCc2ccccc2Br)n1. The van der Waals surface area contributed by atoms with Gasteiger partial charge in [0.1, 0.15) is 0 Å². The van der Waals surface area contributed by atoms with Gasteiger partial charge < -0.3 is 4.98 Å². The van der Waals surface area contributed by atoms with Crippen LogP contribution in [-0.2, 0) is 12.2 Å².